The molecule has 5 heteroatoms. The zero-order valence-corrected chi connectivity index (χ0v) is 14.1. The van der Waals surface area contributed by atoms with Crippen LogP contribution in [-0.2, 0) is 18.7 Å². The van der Waals surface area contributed by atoms with Gasteiger partial charge in [-0.1, -0.05) is 19.9 Å². The molecule has 1 aromatic heterocycles. The van der Waals surface area contributed by atoms with Crippen molar-refractivity contribution in [2.45, 2.75) is 43.9 Å². The van der Waals surface area contributed by atoms with Crippen LogP contribution in [0.2, 0.25) is 0 Å². The molecule has 0 spiro atoms. The summed E-state index contributed by atoms with van der Waals surface area (Å²) in [6.45, 7) is 6.25. The molecule has 0 aliphatic rings. The number of halogens is 1. The summed E-state index contributed by atoms with van der Waals surface area (Å²) in [5.74, 6) is 0.618. The molecule has 0 aliphatic carbocycles. The molecule has 0 radical (unpaired) electrons. The van der Waals surface area contributed by atoms with Gasteiger partial charge in [-0.15, -0.1) is 23.1 Å². The van der Waals surface area contributed by atoms with Crippen LogP contribution in [0, 0.1) is 5.82 Å². The number of nitrogens with zero attached hydrogens (tertiary/aromatic N) is 1. The van der Waals surface area contributed by atoms with Gasteiger partial charge in [0.15, 0.2) is 0 Å². The molecule has 2 aromatic rings. The summed E-state index contributed by atoms with van der Waals surface area (Å²) in [4.78, 5) is 7.00. The third-order valence-corrected chi connectivity index (χ3v) is 5.31. The van der Waals surface area contributed by atoms with Crippen LogP contribution in [0.3, 0.4) is 0 Å². The zero-order valence-electron chi connectivity index (χ0n) is 12.5. The van der Waals surface area contributed by atoms with Crippen LogP contribution in [0.4, 0.5) is 4.39 Å². The van der Waals surface area contributed by atoms with Gasteiger partial charge in [0, 0.05) is 16.3 Å². The molecule has 2 nitrogen and oxygen atoms in total. The summed E-state index contributed by atoms with van der Waals surface area (Å²) in [5, 5.41) is 4.55. The van der Waals surface area contributed by atoms with Crippen LogP contribution in [0.5, 0.6) is 0 Å². The van der Waals surface area contributed by atoms with Crippen LogP contribution < -0.4 is 5.32 Å². The van der Waals surface area contributed by atoms with Crippen molar-refractivity contribution in [1.82, 2.24) is 10.3 Å². The number of benzene rings is 1. The number of hydrogen-bond donors (Lipinski definition) is 1. The van der Waals surface area contributed by atoms with Crippen molar-refractivity contribution >= 4 is 23.1 Å². The number of rotatable bonds is 8. The average molecular weight is 324 g/mol. The van der Waals surface area contributed by atoms with E-state index in [4.69, 9.17) is 4.98 Å². The normalized spacial score (nSPS) is 11.0. The van der Waals surface area contributed by atoms with Crippen LogP contribution in [0.1, 0.15) is 35.8 Å². The number of nitrogens with one attached hydrogen (secondary N) is 1. The van der Waals surface area contributed by atoms with E-state index < -0.39 is 0 Å². The van der Waals surface area contributed by atoms with Crippen molar-refractivity contribution in [3.63, 3.8) is 0 Å². The van der Waals surface area contributed by atoms with Crippen molar-refractivity contribution in [3.05, 3.63) is 45.7 Å². The fraction of sp³-hybridized carbons (Fsp3) is 0.438. The lowest BCUT2D eigenvalue weighted by Gasteiger charge is -2.01. The Hall–Kier alpha value is -0.910. The van der Waals surface area contributed by atoms with E-state index in [1.165, 1.54) is 16.6 Å². The Morgan fingerprint density at radius 3 is 2.90 bits per heavy atom. The van der Waals surface area contributed by atoms with E-state index in [1.807, 2.05) is 6.07 Å². The van der Waals surface area contributed by atoms with Crippen molar-refractivity contribution in [1.29, 1.82) is 0 Å². The molecular weight excluding hydrogens is 303 g/mol. The second-order valence-electron chi connectivity index (χ2n) is 4.75. The van der Waals surface area contributed by atoms with Gasteiger partial charge in [-0.25, -0.2) is 9.37 Å². The van der Waals surface area contributed by atoms with E-state index in [-0.39, 0.29) is 5.82 Å². The van der Waals surface area contributed by atoms with E-state index in [1.54, 1.807) is 35.2 Å². The molecule has 1 heterocycles. The van der Waals surface area contributed by atoms with E-state index in [2.05, 4.69) is 19.2 Å². The molecule has 1 N–H and O–H groups in total. The fourth-order valence-corrected chi connectivity index (χ4v) is 4.05. The van der Waals surface area contributed by atoms with E-state index >= 15 is 0 Å². The maximum absolute atomic E-state index is 13.2. The summed E-state index contributed by atoms with van der Waals surface area (Å²) in [6, 6.07) is 6.73. The minimum atomic E-state index is -0.183. The summed E-state index contributed by atoms with van der Waals surface area (Å²) in [7, 11) is 0. The Kier molecular flexibility index (Phi) is 6.67. The molecular formula is C16H21FN2S2. The first kappa shape index (κ1) is 16.5. The van der Waals surface area contributed by atoms with Crippen molar-refractivity contribution in [2.75, 3.05) is 6.54 Å². The maximum atomic E-state index is 13.2. The highest BCUT2D eigenvalue weighted by atomic mass is 32.2. The highest BCUT2D eigenvalue weighted by molar-refractivity contribution is 7.98. The molecule has 21 heavy (non-hydrogen) atoms. The Labute approximate surface area is 134 Å². The first-order chi connectivity index (χ1) is 10.2. The van der Waals surface area contributed by atoms with Gasteiger partial charge in [0.25, 0.3) is 0 Å². The standard InChI is InChI=1S/C16H21FN2S2/c1-3-8-18-10-15-14(4-2)19-16(21-15)11-20-13-7-5-6-12(17)9-13/h5-7,9,18H,3-4,8,10-11H2,1-2H3. The predicted molar refractivity (Wildman–Crippen MR) is 89.5 cm³/mol. The average Bonchev–Trinajstić information content (AvgIpc) is 2.88. The number of aromatic nitrogens is 1. The van der Waals surface area contributed by atoms with Crippen LogP contribution in [-0.4, -0.2) is 11.5 Å². The van der Waals surface area contributed by atoms with Gasteiger partial charge in [-0.05, 0) is 37.6 Å². The molecule has 0 atom stereocenters. The number of hydrogen-bond acceptors (Lipinski definition) is 4. The maximum Gasteiger partial charge on any atom is 0.124 e. The fourth-order valence-electron chi connectivity index (χ4n) is 1.99. The molecule has 0 saturated heterocycles. The van der Waals surface area contributed by atoms with E-state index in [9.17, 15) is 4.39 Å². The molecule has 2 rings (SSSR count). The number of thioether (sulfide) groups is 1. The first-order valence-corrected chi connectivity index (χ1v) is 9.09. The van der Waals surface area contributed by atoms with Gasteiger partial charge >= 0.3 is 0 Å². The van der Waals surface area contributed by atoms with Crippen LogP contribution >= 0.6 is 23.1 Å². The Balaban J connectivity index is 1.96. The Morgan fingerprint density at radius 1 is 1.33 bits per heavy atom. The summed E-state index contributed by atoms with van der Waals surface area (Å²) in [6.07, 6.45) is 2.10. The van der Waals surface area contributed by atoms with E-state index in [0.29, 0.717) is 0 Å². The lowest BCUT2D eigenvalue weighted by atomic mass is 10.3. The molecule has 1 aromatic carbocycles. The molecule has 114 valence electrons. The lowest BCUT2D eigenvalue weighted by Crippen LogP contribution is -2.13. The first-order valence-electron chi connectivity index (χ1n) is 7.29. The minimum Gasteiger partial charge on any atom is -0.312 e. The van der Waals surface area contributed by atoms with Crippen LogP contribution in [0.15, 0.2) is 29.2 Å². The minimum absolute atomic E-state index is 0.183. The second-order valence-corrected chi connectivity index (χ2v) is 6.97. The topological polar surface area (TPSA) is 24.9 Å². The van der Waals surface area contributed by atoms with Crippen molar-refractivity contribution in [2.24, 2.45) is 0 Å². The quantitative estimate of drug-likeness (QED) is 0.566. The van der Waals surface area contributed by atoms with Gasteiger partial charge in [0.1, 0.15) is 10.8 Å². The van der Waals surface area contributed by atoms with Crippen molar-refractivity contribution in [3.8, 4) is 0 Å². The van der Waals surface area contributed by atoms with Gasteiger partial charge < -0.3 is 5.32 Å². The predicted octanol–water partition coefficient (Wildman–Crippen LogP) is 4.64. The van der Waals surface area contributed by atoms with Gasteiger partial charge in [0.2, 0.25) is 0 Å². The largest absolute Gasteiger partial charge is 0.312 e. The van der Waals surface area contributed by atoms with Crippen LogP contribution in [0.25, 0.3) is 0 Å². The van der Waals surface area contributed by atoms with Gasteiger partial charge in [-0.2, -0.15) is 0 Å². The van der Waals surface area contributed by atoms with Gasteiger partial charge in [-0.3, -0.25) is 0 Å². The van der Waals surface area contributed by atoms with E-state index in [0.717, 1.165) is 41.6 Å². The highest BCUT2D eigenvalue weighted by Gasteiger charge is 2.10. The number of aryl methyl sites for hydroxylation is 1. The van der Waals surface area contributed by atoms with Gasteiger partial charge in [0.05, 0.1) is 11.4 Å². The Bertz CT molecular complexity index is 569. The second kappa shape index (κ2) is 8.51. The number of thiazole rings is 1. The molecule has 0 amide bonds. The molecule has 0 fully saturated rings. The summed E-state index contributed by atoms with van der Waals surface area (Å²) >= 11 is 3.41. The Morgan fingerprint density at radius 2 is 2.19 bits per heavy atom. The third kappa shape index (κ3) is 5.09. The highest BCUT2D eigenvalue weighted by Crippen LogP contribution is 2.27. The summed E-state index contributed by atoms with van der Waals surface area (Å²) in [5.41, 5.74) is 1.19. The zero-order chi connectivity index (χ0) is 15.1. The molecule has 0 bridgehead atoms. The third-order valence-electron chi connectivity index (χ3n) is 3.03. The molecule has 0 unspecified atom stereocenters. The SMILES string of the molecule is CCCNCc1sc(CSc2cccc(F)c2)nc1CC. The summed E-state index contributed by atoms with van der Waals surface area (Å²) < 4.78 is 13.2. The molecule has 0 aliphatic heterocycles. The monoisotopic (exact) mass is 324 g/mol. The molecule has 0 saturated carbocycles. The van der Waals surface area contributed by atoms with Crippen molar-refractivity contribution < 1.29 is 4.39 Å². The smallest absolute Gasteiger partial charge is 0.124 e. The lowest BCUT2D eigenvalue weighted by molar-refractivity contribution is 0.624.